The van der Waals surface area contributed by atoms with Crippen LogP contribution in [-0.4, -0.2) is 266 Å². The van der Waals surface area contributed by atoms with Crippen molar-refractivity contribution in [2.45, 2.75) is 252 Å². The number of nitrogens with two attached hydrogens (primary N) is 3. The van der Waals surface area contributed by atoms with E-state index in [2.05, 4.69) is 37.2 Å². The predicted octanol–water partition coefficient (Wildman–Crippen LogP) is -1.25. The van der Waals surface area contributed by atoms with Gasteiger partial charge in [0, 0.05) is 48.9 Å². The van der Waals surface area contributed by atoms with Gasteiger partial charge < -0.3 is 138 Å². The zero-order chi connectivity index (χ0) is 83.5. The van der Waals surface area contributed by atoms with Gasteiger partial charge >= 0.3 is 5.97 Å². The van der Waals surface area contributed by atoms with Crippen molar-refractivity contribution in [1.82, 2.24) is 37.2 Å². The summed E-state index contributed by atoms with van der Waals surface area (Å²) >= 11 is 0. The molecule has 634 valence electrons. The zero-order valence-electron chi connectivity index (χ0n) is 65.3. The average molecular weight is 1610 g/mol. The third-order valence-corrected chi connectivity index (χ3v) is 21.2. The molecule has 36 nitrogen and oxygen atoms in total. The Kier molecular flexibility index (Phi) is 33.6. The minimum Gasteiger partial charge on any atom is -0.512 e. The Balaban J connectivity index is 1.29. The van der Waals surface area contributed by atoms with Gasteiger partial charge in [0.05, 0.1) is 92.5 Å². The molecule has 3 saturated heterocycles. The molecule has 23 atom stereocenters. The molecule has 3 fully saturated rings. The molecule has 0 radical (unpaired) electrons. The minimum absolute atomic E-state index is 0.0103. The number of primary amides is 1. The summed E-state index contributed by atoms with van der Waals surface area (Å²) in [4.78, 5) is 116. The van der Waals surface area contributed by atoms with Crippen LogP contribution in [0.5, 0.6) is 11.5 Å². The van der Waals surface area contributed by atoms with E-state index >= 15 is 14.4 Å². The zero-order valence-corrected chi connectivity index (χ0v) is 65.3. The van der Waals surface area contributed by atoms with Gasteiger partial charge in [-0.25, -0.2) is 0 Å². The lowest BCUT2D eigenvalue weighted by molar-refractivity contribution is -0.342. The standard InChI is InChI=1S/C78H116N10O26/c1-39(2)27-51(82-7)73(103)88-64-53(92)20-14-10-16-26-108-58-28-42-21-24-57(67(58)114-76-68(66(98)65(97)59(38-89)112-76)113-62-34-78(6,81)70(100)41(4)110-62)107-25-15-9-12-18-45(111-61-33-77(5,80)69(99)40(3)109-61)31-50-56(95)37-84-63(75(105)106)47-29-44(91)30-54(93)46(47)23-22-43(90)17-11-8-13-19-49(55(94)36-83-50)86-71(101)48(42)35-85-72(102)52(32-60(79)96)87-74(64)104/h8-11,15-17,21,24,28-30,39-42,45,48-53,59,61-66,68-70,76,82-84,89-93,97-100H,12-14,18-20,22-23,25-27,31-38,80-81H2,1-7H3,(H2,79,96)(H,85,102)(H,86,101)(H,87,104)(H,88,103)(H,105,106)/b11-8-,15-9-,16-10-,43-17+. The number of amides is 5. The first-order valence-electron chi connectivity index (χ1n) is 38.7. The number of allylic oxidation sites excluding steroid dienone is 9. The van der Waals surface area contributed by atoms with Crippen LogP contribution in [0.15, 0.2) is 95.9 Å². The van der Waals surface area contributed by atoms with E-state index in [0.29, 0.717) is 6.42 Å². The molecule has 1 aliphatic carbocycles. The first-order chi connectivity index (χ1) is 54.0. The van der Waals surface area contributed by atoms with E-state index in [1.807, 2.05) is 13.8 Å². The SMILES string of the molecule is CNC(CC(C)C)C(=O)NC1C(=O)NC(CC(N)=O)C(=O)NCC2C(=O)NC3CC/C=C\C=C(\O)CCc4c(O)cc(O)cc4C(C(=O)O)NCC(=O)C(CC(OC4CC(C)(N)C(O)C(C)O4)CC/C=C\COC4=C(OC5OC(CO)C(O)C(O)C5OC5CC(C)(N)C(O)C(C)O5)C(=CC2C=C4)OC/C=C\CCC1O)NCC3=O. The van der Waals surface area contributed by atoms with Gasteiger partial charge in [-0.3, -0.25) is 43.7 Å². The Morgan fingerprint density at radius 1 is 0.754 bits per heavy atom. The molecule has 36 heteroatoms. The van der Waals surface area contributed by atoms with Crippen molar-refractivity contribution in [3.05, 3.63) is 107 Å². The fraction of sp³-hybridized carbons (Fsp3) is 0.641. The van der Waals surface area contributed by atoms with Crippen molar-refractivity contribution >= 4 is 47.1 Å². The number of ether oxygens (including phenoxy) is 8. The number of aliphatic carboxylic acids is 1. The maximum Gasteiger partial charge on any atom is 0.325 e. The molecule has 0 spiro atoms. The number of aromatic hydroxyl groups is 2. The highest BCUT2D eigenvalue weighted by Crippen LogP contribution is 2.39. The Bertz CT molecular complexity index is 3730. The number of carboxylic acids is 1. The molecule has 5 amide bonds. The lowest BCUT2D eigenvalue weighted by Gasteiger charge is -2.47. The van der Waals surface area contributed by atoms with Crippen LogP contribution in [0.1, 0.15) is 136 Å². The second-order valence-corrected chi connectivity index (χ2v) is 31.0. The van der Waals surface area contributed by atoms with Crippen LogP contribution in [-0.2, 0) is 82.7 Å². The van der Waals surface area contributed by atoms with Gasteiger partial charge in [-0.15, -0.1) is 0 Å². The van der Waals surface area contributed by atoms with Gasteiger partial charge in [0.2, 0.25) is 41.6 Å². The average Bonchev–Trinajstić information content (AvgIpc) is 1.07. The molecule has 1 aromatic rings. The Morgan fingerprint density at radius 2 is 1.39 bits per heavy atom. The summed E-state index contributed by atoms with van der Waals surface area (Å²) in [6.07, 6.45) is -4.50. The summed E-state index contributed by atoms with van der Waals surface area (Å²) in [6, 6.07) is -7.03. The lowest BCUT2D eigenvalue weighted by atomic mass is 9.86. The number of fused-ring (bicyclic) bond motifs is 6. The first-order valence-corrected chi connectivity index (χ1v) is 38.7. The number of benzene rings is 1. The number of rotatable bonds is 15. The van der Waals surface area contributed by atoms with Crippen molar-refractivity contribution in [2.24, 2.45) is 35.0 Å². The number of likely N-dealkylation sites (N-methyl/N-ethyl adjacent to an activating group) is 1. The molecule has 114 heavy (non-hydrogen) atoms. The Labute approximate surface area is 661 Å². The molecule has 5 bridgehead atoms. The third kappa shape index (κ3) is 25.1. The van der Waals surface area contributed by atoms with Crippen LogP contribution in [0.4, 0.5) is 0 Å². The van der Waals surface area contributed by atoms with Crippen molar-refractivity contribution < 1.29 is 127 Å². The Morgan fingerprint density at radius 3 is 2.04 bits per heavy atom. The number of aliphatic hydroxyl groups excluding tert-OH is 7. The number of carbonyl (C=O) groups is 8. The maximum absolute atomic E-state index is 16.0. The normalized spacial score (nSPS) is 36.3. The molecular weight excluding hydrogens is 1490 g/mol. The topological polar surface area (TPSA) is 575 Å². The number of carbonyl (C=O) groups excluding carboxylic acids is 7. The molecule has 0 aromatic heterocycles. The largest absolute Gasteiger partial charge is 0.512 e. The second kappa shape index (κ2) is 42.0. The van der Waals surface area contributed by atoms with Crippen LogP contribution in [0, 0.1) is 17.8 Å². The minimum atomic E-state index is -1.91. The highest BCUT2D eigenvalue weighted by Gasteiger charge is 2.52. The number of phenols is 2. The summed E-state index contributed by atoms with van der Waals surface area (Å²) in [5, 5.41) is 131. The summed E-state index contributed by atoms with van der Waals surface area (Å²) in [5.41, 5.74) is 16.3. The third-order valence-electron chi connectivity index (χ3n) is 21.2. The van der Waals surface area contributed by atoms with Crippen LogP contribution in [0.3, 0.4) is 0 Å². The molecular formula is C78H116N10O26. The van der Waals surface area contributed by atoms with Crippen molar-refractivity contribution in [2.75, 3.05) is 46.5 Å². The molecule has 6 heterocycles. The predicted molar refractivity (Wildman–Crippen MR) is 406 cm³/mol. The van der Waals surface area contributed by atoms with E-state index in [0.717, 1.165) is 12.1 Å². The number of ketones is 2. The molecule has 23 unspecified atom stereocenters. The number of nitrogens with one attached hydrogen (secondary N) is 7. The maximum atomic E-state index is 16.0. The number of carboxylic acid groups (broad SMARTS) is 1. The van der Waals surface area contributed by atoms with Crippen molar-refractivity contribution in [3.8, 4) is 11.5 Å². The monoisotopic (exact) mass is 1610 g/mol. The highest BCUT2D eigenvalue weighted by molar-refractivity contribution is 5.96. The van der Waals surface area contributed by atoms with Crippen LogP contribution in [0.25, 0.3) is 0 Å². The number of hydrogen-bond donors (Lipinski definition) is 20. The van der Waals surface area contributed by atoms with Gasteiger partial charge in [-0.2, -0.15) is 0 Å². The van der Waals surface area contributed by atoms with Gasteiger partial charge in [-0.1, -0.05) is 56.4 Å². The molecule has 23 N–H and O–H groups in total. The summed E-state index contributed by atoms with van der Waals surface area (Å²) in [7, 11) is 1.54. The van der Waals surface area contributed by atoms with Crippen LogP contribution in [0.2, 0.25) is 0 Å². The molecule has 0 saturated carbocycles. The van der Waals surface area contributed by atoms with Gasteiger partial charge in [0.25, 0.3) is 0 Å². The fourth-order valence-electron chi connectivity index (χ4n) is 14.7. The van der Waals surface area contributed by atoms with E-state index in [-0.39, 0.29) is 124 Å². The summed E-state index contributed by atoms with van der Waals surface area (Å²) in [6.45, 7) is 6.36. The van der Waals surface area contributed by atoms with Gasteiger partial charge in [-0.05, 0) is 134 Å². The van der Waals surface area contributed by atoms with E-state index < -0.39 is 230 Å². The van der Waals surface area contributed by atoms with Gasteiger partial charge in [0.1, 0.15) is 61.2 Å². The number of phenolic OH excluding ortho intramolecular Hbond substituents is 2. The molecule has 7 aliphatic rings. The van der Waals surface area contributed by atoms with E-state index in [1.165, 1.54) is 43.5 Å². The molecule has 8 rings (SSSR count). The second-order valence-electron chi connectivity index (χ2n) is 31.0. The number of Topliss-reactive ketones (excluding diaryl/α,β-unsaturated/α-hetero) is 2. The van der Waals surface area contributed by atoms with E-state index in [4.69, 9.17) is 55.1 Å². The van der Waals surface area contributed by atoms with E-state index in [9.17, 15) is 75.0 Å². The molecule has 6 aliphatic heterocycles. The quantitative estimate of drug-likeness (QED) is 0.0912. The highest BCUT2D eigenvalue weighted by atomic mass is 16.8. The number of aliphatic hydroxyl groups is 7. The fourth-order valence-corrected chi connectivity index (χ4v) is 14.7. The summed E-state index contributed by atoms with van der Waals surface area (Å²) < 4.78 is 51.6. The molecule has 1 aromatic carbocycles. The lowest BCUT2D eigenvalue weighted by Crippen LogP contribution is -2.64. The number of hydrogen-bond acceptors (Lipinski definition) is 30. The van der Waals surface area contributed by atoms with Crippen molar-refractivity contribution in [3.63, 3.8) is 0 Å². The van der Waals surface area contributed by atoms with Crippen LogP contribution >= 0.6 is 0 Å². The van der Waals surface area contributed by atoms with E-state index in [1.54, 1.807) is 52.0 Å². The van der Waals surface area contributed by atoms with Crippen molar-refractivity contribution in [1.29, 1.82) is 0 Å². The first kappa shape index (κ1) is 91.2. The smallest absolute Gasteiger partial charge is 0.325 e. The Hall–Kier alpha value is -8.28. The van der Waals surface area contributed by atoms with Gasteiger partial charge in [0.15, 0.2) is 41.8 Å². The summed E-state index contributed by atoms with van der Waals surface area (Å²) in [5.74, 6) is -12.9. The van der Waals surface area contributed by atoms with Crippen LogP contribution < -0.4 is 54.4 Å².